The van der Waals surface area contributed by atoms with Gasteiger partial charge in [-0.3, -0.25) is 0 Å². The number of alkyl halides is 8. The van der Waals surface area contributed by atoms with E-state index in [-0.39, 0.29) is 25.7 Å². The Hall–Kier alpha value is -0.600. The van der Waals surface area contributed by atoms with Crippen molar-refractivity contribution < 1.29 is 39.9 Å². The van der Waals surface area contributed by atoms with Crippen molar-refractivity contribution in [2.45, 2.75) is 179 Å². The van der Waals surface area contributed by atoms with Gasteiger partial charge in [-0.2, -0.15) is 35.1 Å². The second-order valence-electron chi connectivity index (χ2n) is 10.4. The average Bonchev–Trinajstić information content (AvgIpc) is 2.82. The predicted molar refractivity (Wildman–Crippen MR) is 134 cm³/mol. The molecule has 0 aliphatic heterocycles. The highest BCUT2D eigenvalue weighted by Crippen LogP contribution is 2.48. The highest BCUT2D eigenvalue weighted by Gasteiger charge is 2.65. The fraction of sp³-hybridized carbons (Fsp3) is 1.00. The Labute approximate surface area is 219 Å². The van der Waals surface area contributed by atoms with Crippen LogP contribution in [-0.2, 0) is 4.74 Å². The Bertz CT molecular complexity index is 520. The molecular weight excluding hydrogens is 504 g/mol. The van der Waals surface area contributed by atoms with E-state index < -0.39 is 61.6 Å². The van der Waals surface area contributed by atoms with E-state index in [1.807, 2.05) is 13.8 Å². The highest BCUT2D eigenvalue weighted by atomic mass is 19.3. The average molecular weight is 555 g/mol. The molecule has 0 saturated carbocycles. The standard InChI is InChI=1S/C28H50F8O/c1-5-9-13-17-21-25(29,30)27(33,34)23(19-15-11-7-3)37-24(20-16-12-8-4)28(35,36)26(31,32)22-18-14-10-6-2/h23-24H,5-22H2,1-4H3. The van der Waals surface area contributed by atoms with Crippen molar-refractivity contribution in [3.63, 3.8) is 0 Å². The third kappa shape index (κ3) is 12.0. The molecule has 0 aromatic rings. The lowest BCUT2D eigenvalue weighted by Gasteiger charge is -2.39. The molecule has 0 rings (SSSR count). The van der Waals surface area contributed by atoms with Crippen LogP contribution >= 0.6 is 0 Å². The summed E-state index contributed by atoms with van der Waals surface area (Å²) in [6, 6.07) is 0. The van der Waals surface area contributed by atoms with Gasteiger partial charge in [0.15, 0.2) is 0 Å². The summed E-state index contributed by atoms with van der Waals surface area (Å²) in [5.41, 5.74) is 0. The second kappa shape index (κ2) is 17.9. The molecule has 0 N–H and O–H groups in total. The molecular formula is C28H50F8O. The van der Waals surface area contributed by atoms with E-state index in [4.69, 9.17) is 4.74 Å². The van der Waals surface area contributed by atoms with Crippen LogP contribution in [0.5, 0.6) is 0 Å². The van der Waals surface area contributed by atoms with Gasteiger partial charge >= 0.3 is 23.7 Å². The first-order valence-corrected chi connectivity index (χ1v) is 14.4. The summed E-state index contributed by atoms with van der Waals surface area (Å²) in [5.74, 6) is -18.5. The van der Waals surface area contributed by atoms with Gasteiger partial charge in [0.05, 0.1) is 0 Å². The Balaban J connectivity index is 5.98. The molecule has 37 heavy (non-hydrogen) atoms. The molecule has 0 aliphatic rings. The minimum absolute atomic E-state index is 0.0450. The molecule has 2 atom stereocenters. The van der Waals surface area contributed by atoms with E-state index >= 15 is 17.6 Å². The van der Waals surface area contributed by atoms with Crippen LogP contribution in [0, 0.1) is 0 Å². The van der Waals surface area contributed by atoms with E-state index in [1.54, 1.807) is 13.8 Å². The maximum atomic E-state index is 15.2. The molecule has 0 heterocycles. The molecule has 0 spiro atoms. The third-order valence-electron chi connectivity index (χ3n) is 6.94. The van der Waals surface area contributed by atoms with Crippen LogP contribution in [0.25, 0.3) is 0 Å². The van der Waals surface area contributed by atoms with Gasteiger partial charge in [-0.1, -0.05) is 105 Å². The van der Waals surface area contributed by atoms with Crippen molar-refractivity contribution in [1.29, 1.82) is 0 Å². The maximum absolute atomic E-state index is 15.2. The van der Waals surface area contributed by atoms with E-state index in [2.05, 4.69) is 0 Å². The van der Waals surface area contributed by atoms with E-state index in [0.29, 0.717) is 51.4 Å². The fourth-order valence-corrected chi connectivity index (χ4v) is 4.38. The first-order chi connectivity index (χ1) is 17.2. The summed E-state index contributed by atoms with van der Waals surface area (Å²) in [6.07, 6.45) is -3.47. The fourth-order valence-electron chi connectivity index (χ4n) is 4.38. The van der Waals surface area contributed by atoms with Crippen LogP contribution in [0.2, 0.25) is 0 Å². The first-order valence-electron chi connectivity index (χ1n) is 14.4. The molecule has 0 bridgehead atoms. The monoisotopic (exact) mass is 554 g/mol. The molecule has 0 radical (unpaired) electrons. The minimum Gasteiger partial charge on any atom is -0.362 e. The van der Waals surface area contributed by atoms with Crippen molar-refractivity contribution >= 4 is 0 Å². The Morgan fingerprint density at radius 1 is 0.432 bits per heavy atom. The smallest absolute Gasteiger partial charge is 0.335 e. The van der Waals surface area contributed by atoms with Crippen LogP contribution in [0.4, 0.5) is 35.1 Å². The highest BCUT2D eigenvalue weighted by molar-refractivity contribution is 4.96. The third-order valence-corrected chi connectivity index (χ3v) is 6.94. The SMILES string of the molecule is CCCCCCC(F)(F)C(F)(F)C(CCCCC)OC(CCCCC)C(F)(F)C(F)(F)CCCCCC. The summed E-state index contributed by atoms with van der Waals surface area (Å²) in [6.45, 7) is 7.25. The van der Waals surface area contributed by atoms with Gasteiger partial charge < -0.3 is 4.74 Å². The van der Waals surface area contributed by atoms with Crippen LogP contribution in [0.3, 0.4) is 0 Å². The number of hydrogen-bond donors (Lipinski definition) is 0. The summed E-state index contributed by atoms with van der Waals surface area (Å²) < 4.78 is 125. The molecule has 0 aliphatic carbocycles. The van der Waals surface area contributed by atoms with E-state index in [1.165, 1.54) is 0 Å². The molecule has 0 aromatic heterocycles. The molecule has 0 amide bonds. The number of halogens is 8. The minimum atomic E-state index is -4.76. The molecule has 0 fully saturated rings. The predicted octanol–water partition coefficient (Wildman–Crippen LogP) is 11.4. The lowest BCUT2D eigenvalue weighted by Crippen LogP contribution is -2.57. The molecule has 224 valence electrons. The zero-order valence-corrected chi connectivity index (χ0v) is 23.3. The van der Waals surface area contributed by atoms with Crippen LogP contribution < -0.4 is 0 Å². The van der Waals surface area contributed by atoms with E-state index in [0.717, 1.165) is 12.8 Å². The van der Waals surface area contributed by atoms with Crippen molar-refractivity contribution in [3.8, 4) is 0 Å². The summed E-state index contributed by atoms with van der Waals surface area (Å²) >= 11 is 0. The van der Waals surface area contributed by atoms with Crippen LogP contribution in [0.1, 0.15) is 143 Å². The summed E-state index contributed by atoms with van der Waals surface area (Å²) in [5, 5.41) is 0. The molecule has 9 heteroatoms. The van der Waals surface area contributed by atoms with Gasteiger partial charge in [-0.15, -0.1) is 0 Å². The Morgan fingerprint density at radius 3 is 1.03 bits per heavy atom. The van der Waals surface area contributed by atoms with Crippen LogP contribution in [-0.4, -0.2) is 35.9 Å². The maximum Gasteiger partial charge on any atom is 0.335 e. The van der Waals surface area contributed by atoms with Crippen molar-refractivity contribution in [1.82, 2.24) is 0 Å². The number of unbranched alkanes of at least 4 members (excludes halogenated alkanes) is 10. The molecule has 0 aromatic carbocycles. The quantitative estimate of drug-likeness (QED) is 0.0852. The van der Waals surface area contributed by atoms with Crippen molar-refractivity contribution in [3.05, 3.63) is 0 Å². The normalized spacial score (nSPS) is 15.2. The van der Waals surface area contributed by atoms with Gasteiger partial charge in [0.2, 0.25) is 0 Å². The van der Waals surface area contributed by atoms with Gasteiger partial charge in [-0.25, -0.2) is 0 Å². The number of rotatable bonds is 24. The molecule has 0 saturated heterocycles. The van der Waals surface area contributed by atoms with E-state index in [9.17, 15) is 17.6 Å². The topological polar surface area (TPSA) is 9.23 Å². The summed E-state index contributed by atoms with van der Waals surface area (Å²) in [7, 11) is 0. The second-order valence-corrected chi connectivity index (χ2v) is 10.4. The summed E-state index contributed by atoms with van der Waals surface area (Å²) in [4.78, 5) is 0. The number of ether oxygens (including phenoxy) is 1. The Morgan fingerprint density at radius 2 is 0.730 bits per heavy atom. The molecule has 1 nitrogen and oxygen atoms in total. The van der Waals surface area contributed by atoms with Crippen molar-refractivity contribution in [2.75, 3.05) is 0 Å². The lowest BCUT2D eigenvalue weighted by molar-refractivity contribution is -0.316. The van der Waals surface area contributed by atoms with Gasteiger partial charge in [0.1, 0.15) is 12.2 Å². The van der Waals surface area contributed by atoms with Gasteiger partial charge in [-0.05, 0) is 25.7 Å². The zero-order chi connectivity index (χ0) is 28.6. The molecule has 2 unspecified atom stereocenters. The first kappa shape index (κ1) is 36.4. The lowest BCUT2D eigenvalue weighted by atomic mass is 9.93. The van der Waals surface area contributed by atoms with Crippen LogP contribution in [0.15, 0.2) is 0 Å². The largest absolute Gasteiger partial charge is 0.362 e. The Kier molecular flexibility index (Phi) is 17.6. The van der Waals surface area contributed by atoms with Gasteiger partial charge in [0, 0.05) is 12.8 Å². The van der Waals surface area contributed by atoms with Crippen molar-refractivity contribution in [2.24, 2.45) is 0 Å². The number of hydrogen-bond acceptors (Lipinski definition) is 1. The zero-order valence-electron chi connectivity index (χ0n) is 23.3. The van der Waals surface area contributed by atoms with Gasteiger partial charge in [0.25, 0.3) is 0 Å².